The number of ketones is 1. The minimum absolute atomic E-state index is 0.0889. The molecular formula is C22H24O5. The van der Waals surface area contributed by atoms with Crippen LogP contribution in [0.3, 0.4) is 0 Å². The molecule has 0 bridgehead atoms. The number of rotatable bonds is 7. The van der Waals surface area contributed by atoms with Crippen LogP contribution in [0, 0.1) is 0 Å². The molecular weight excluding hydrogens is 344 g/mol. The monoisotopic (exact) mass is 368 g/mol. The van der Waals surface area contributed by atoms with Crippen LogP contribution < -0.4 is 9.47 Å². The third-order valence-electron chi connectivity index (χ3n) is 4.83. The summed E-state index contributed by atoms with van der Waals surface area (Å²) in [4.78, 5) is 24.1. The molecule has 0 spiro atoms. The first-order valence-corrected chi connectivity index (χ1v) is 9.32. The molecule has 5 heteroatoms. The van der Waals surface area contributed by atoms with Crippen LogP contribution in [0.4, 0.5) is 0 Å². The molecule has 0 aliphatic heterocycles. The highest BCUT2D eigenvalue weighted by Crippen LogP contribution is 2.44. The summed E-state index contributed by atoms with van der Waals surface area (Å²) < 4.78 is 10.9. The van der Waals surface area contributed by atoms with Crippen LogP contribution in [0.5, 0.6) is 17.2 Å². The van der Waals surface area contributed by atoms with E-state index in [1.807, 2.05) is 18.2 Å². The Kier molecular flexibility index (Phi) is 5.79. The number of ether oxygens (including phenoxy) is 2. The topological polar surface area (TPSA) is 72.8 Å². The second kappa shape index (κ2) is 8.25. The van der Waals surface area contributed by atoms with Crippen LogP contribution in [0.1, 0.15) is 54.9 Å². The van der Waals surface area contributed by atoms with Crippen molar-refractivity contribution in [3.63, 3.8) is 0 Å². The van der Waals surface area contributed by atoms with Crippen molar-refractivity contribution in [2.24, 2.45) is 0 Å². The lowest BCUT2D eigenvalue weighted by molar-refractivity contribution is -0.134. The van der Waals surface area contributed by atoms with Gasteiger partial charge in [0.2, 0.25) is 5.75 Å². The van der Waals surface area contributed by atoms with Crippen molar-refractivity contribution in [3.8, 4) is 28.4 Å². The number of aryl methyl sites for hydroxylation is 1. The first-order chi connectivity index (χ1) is 13.0. The van der Waals surface area contributed by atoms with E-state index < -0.39 is 0 Å². The Morgan fingerprint density at radius 1 is 1.07 bits per heavy atom. The molecule has 0 heterocycles. The van der Waals surface area contributed by atoms with Crippen LogP contribution in [0.15, 0.2) is 30.3 Å². The lowest BCUT2D eigenvalue weighted by Gasteiger charge is -2.16. The number of Topliss-reactive ketones (excluding diaryl/α,β-unsaturated/α-hetero) is 1. The first kappa shape index (κ1) is 19.0. The molecule has 0 radical (unpaired) electrons. The number of carbonyl (C=O) groups excluding carboxylic acids is 2. The van der Waals surface area contributed by atoms with Crippen molar-refractivity contribution in [2.45, 2.75) is 45.4 Å². The van der Waals surface area contributed by atoms with Gasteiger partial charge in [0, 0.05) is 24.0 Å². The molecule has 0 unspecified atom stereocenters. The number of carbonyl (C=O) groups is 2. The fourth-order valence-electron chi connectivity index (χ4n) is 3.39. The van der Waals surface area contributed by atoms with Crippen molar-refractivity contribution >= 4 is 11.8 Å². The molecule has 0 fully saturated rings. The van der Waals surface area contributed by atoms with Gasteiger partial charge in [0.25, 0.3) is 0 Å². The van der Waals surface area contributed by atoms with Gasteiger partial charge in [-0.05, 0) is 36.1 Å². The molecule has 142 valence electrons. The van der Waals surface area contributed by atoms with Crippen LogP contribution in [-0.2, 0) is 11.2 Å². The molecule has 1 aliphatic carbocycles. The third kappa shape index (κ3) is 3.97. The summed E-state index contributed by atoms with van der Waals surface area (Å²) in [5.74, 6) is 0.0532. The number of esters is 1. The second-order valence-corrected chi connectivity index (χ2v) is 6.72. The van der Waals surface area contributed by atoms with E-state index in [4.69, 9.17) is 9.47 Å². The summed E-state index contributed by atoms with van der Waals surface area (Å²) in [6, 6.07) is 8.81. The normalized spacial score (nSPS) is 12.7. The Balaban J connectivity index is 1.98. The summed E-state index contributed by atoms with van der Waals surface area (Å²) in [5.41, 5.74) is 3.21. The summed E-state index contributed by atoms with van der Waals surface area (Å²) in [7, 11) is 1.43. The van der Waals surface area contributed by atoms with E-state index >= 15 is 0 Å². The minimum Gasteiger partial charge on any atom is -0.504 e. The summed E-state index contributed by atoms with van der Waals surface area (Å²) in [6.45, 7) is 2.07. The zero-order chi connectivity index (χ0) is 19.4. The molecule has 27 heavy (non-hydrogen) atoms. The largest absolute Gasteiger partial charge is 0.504 e. The Hall–Kier alpha value is -2.82. The van der Waals surface area contributed by atoms with Gasteiger partial charge >= 0.3 is 5.97 Å². The molecule has 2 aromatic carbocycles. The van der Waals surface area contributed by atoms with Gasteiger partial charge in [0.05, 0.1) is 7.11 Å². The molecule has 1 N–H and O–H groups in total. The maximum Gasteiger partial charge on any atom is 0.311 e. The Bertz CT molecular complexity index is 869. The highest BCUT2D eigenvalue weighted by atomic mass is 16.6. The zero-order valence-electron chi connectivity index (χ0n) is 15.7. The highest BCUT2D eigenvalue weighted by molar-refractivity contribution is 6.01. The number of phenols is 1. The summed E-state index contributed by atoms with van der Waals surface area (Å²) in [6.07, 6.45) is 4.28. The van der Waals surface area contributed by atoms with Crippen molar-refractivity contribution < 1.29 is 24.2 Å². The Morgan fingerprint density at radius 2 is 1.85 bits per heavy atom. The zero-order valence-corrected chi connectivity index (χ0v) is 15.7. The minimum atomic E-state index is -0.357. The van der Waals surface area contributed by atoms with E-state index in [2.05, 4.69) is 6.92 Å². The number of phenolic OH excluding ortho intramolecular Hbond substituents is 1. The Labute approximate surface area is 158 Å². The van der Waals surface area contributed by atoms with E-state index in [1.54, 1.807) is 6.07 Å². The number of unbranched alkanes of at least 4 members (excludes halogenated alkanes) is 2. The molecule has 1 aliphatic rings. The predicted octanol–water partition coefficient (Wildman–Crippen LogP) is 4.68. The molecule has 3 rings (SSSR count). The van der Waals surface area contributed by atoms with Gasteiger partial charge < -0.3 is 14.6 Å². The molecule has 5 nitrogen and oxygen atoms in total. The van der Waals surface area contributed by atoms with Crippen molar-refractivity contribution in [1.29, 1.82) is 0 Å². The smallest absolute Gasteiger partial charge is 0.311 e. The molecule has 0 amide bonds. The van der Waals surface area contributed by atoms with E-state index in [9.17, 15) is 14.7 Å². The molecule has 0 aromatic heterocycles. The summed E-state index contributed by atoms with van der Waals surface area (Å²) >= 11 is 0. The molecule has 0 saturated heterocycles. The SMILES string of the molecule is CCCCCC(=O)Oc1c(-c2ccc3c(c2)CCC3=O)ccc(O)c1OC. The fraction of sp³-hybridized carbons (Fsp3) is 0.364. The van der Waals surface area contributed by atoms with Gasteiger partial charge in [-0.3, -0.25) is 9.59 Å². The summed E-state index contributed by atoms with van der Waals surface area (Å²) in [5, 5.41) is 10.1. The van der Waals surface area contributed by atoms with Gasteiger partial charge in [-0.1, -0.05) is 38.0 Å². The number of hydrogen-bond donors (Lipinski definition) is 1. The van der Waals surface area contributed by atoms with Crippen LogP contribution >= 0.6 is 0 Å². The van der Waals surface area contributed by atoms with Gasteiger partial charge in [-0.25, -0.2) is 0 Å². The van der Waals surface area contributed by atoms with Crippen LogP contribution in [-0.4, -0.2) is 24.0 Å². The maximum absolute atomic E-state index is 12.3. The number of fused-ring (bicyclic) bond motifs is 1. The first-order valence-electron chi connectivity index (χ1n) is 9.32. The van der Waals surface area contributed by atoms with E-state index in [0.717, 1.165) is 36.0 Å². The highest BCUT2D eigenvalue weighted by Gasteiger charge is 2.23. The van der Waals surface area contributed by atoms with E-state index in [1.165, 1.54) is 13.2 Å². The number of aromatic hydroxyl groups is 1. The van der Waals surface area contributed by atoms with E-state index in [0.29, 0.717) is 24.8 Å². The number of hydrogen-bond acceptors (Lipinski definition) is 5. The van der Waals surface area contributed by atoms with Gasteiger partial charge in [0.15, 0.2) is 17.3 Å². The fourth-order valence-corrected chi connectivity index (χ4v) is 3.39. The maximum atomic E-state index is 12.3. The van der Waals surface area contributed by atoms with Gasteiger partial charge in [-0.15, -0.1) is 0 Å². The van der Waals surface area contributed by atoms with Crippen LogP contribution in [0.2, 0.25) is 0 Å². The third-order valence-corrected chi connectivity index (χ3v) is 4.83. The predicted molar refractivity (Wildman–Crippen MR) is 103 cm³/mol. The van der Waals surface area contributed by atoms with Crippen LogP contribution in [0.25, 0.3) is 11.1 Å². The van der Waals surface area contributed by atoms with Gasteiger partial charge in [0.1, 0.15) is 0 Å². The molecule has 2 aromatic rings. The standard InChI is InChI=1S/C22H24O5/c1-3-4-5-6-20(25)27-21-17(10-12-19(24)22(21)26-2)15-7-9-16-14(13-15)8-11-18(16)23/h7,9-10,12-13,24H,3-6,8,11H2,1-2H3. The lowest BCUT2D eigenvalue weighted by Crippen LogP contribution is -2.09. The van der Waals surface area contributed by atoms with Gasteiger partial charge in [-0.2, -0.15) is 0 Å². The molecule has 0 saturated carbocycles. The second-order valence-electron chi connectivity index (χ2n) is 6.72. The number of methoxy groups -OCH3 is 1. The molecule has 0 atom stereocenters. The van der Waals surface area contributed by atoms with Crippen molar-refractivity contribution in [2.75, 3.05) is 7.11 Å². The quantitative estimate of drug-likeness (QED) is 0.436. The average molecular weight is 368 g/mol. The Morgan fingerprint density at radius 3 is 2.59 bits per heavy atom. The van der Waals surface area contributed by atoms with Crippen molar-refractivity contribution in [3.05, 3.63) is 41.5 Å². The van der Waals surface area contributed by atoms with E-state index in [-0.39, 0.29) is 29.0 Å². The lowest BCUT2D eigenvalue weighted by atomic mass is 9.99. The number of benzene rings is 2. The van der Waals surface area contributed by atoms with Crippen molar-refractivity contribution in [1.82, 2.24) is 0 Å². The average Bonchev–Trinajstić information content (AvgIpc) is 3.03.